The van der Waals surface area contributed by atoms with Crippen LogP contribution in [0.25, 0.3) is 6.08 Å². The summed E-state index contributed by atoms with van der Waals surface area (Å²) >= 11 is 0. The van der Waals surface area contributed by atoms with Crippen molar-refractivity contribution in [1.29, 1.82) is 0 Å². The SMILES string of the molecule is CCCC1CCC(c2ccc(C=CC3CCC(C(F)(F)Oc4ccc(OC(F)=C(F)F)cc4)CC3)c(F)c2)CC1. The Bertz CT molecular complexity index is 1160. The first-order valence-corrected chi connectivity index (χ1v) is 14.2. The largest absolute Gasteiger partial charge is 0.432 e. The highest BCUT2D eigenvalue weighted by atomic mass is 19.3. The minimum atomic E-state index is -3.44. The standard InChI is InChI=1S/C32H36F6O2/c1-2-3-21-4-9-23(10-5-21)25-13-12-24(29(33)20-25)11-6-22-7-14-26(15-8-22)32(37,38)40-28-18-16-27(17-19-28)39-31(36)30(34)35/h6,11-13,16-23,26H,2-5,7-10,14-15H2,1H3. The number of ether oxygens (including phenoxy) is 2. The molecule has 0 saturated heterocycles. The lowest BCUT2D eigenvalue weighted by atomic mass is 9.77. The van der Waals surface area contributed by atoms with Crippen LogP contribution in [0.3, 0.4) is 0 Å². The average Bonchev–Trinajstić information content (AvgIpc) is 2.94. The van der Waals surface area contributed by atoms with Crippen LogP contribution >= 0.6 is 0 Å². The van der Waals surface area contributed by atoms with Crippen LogP contribution in [0.2, 0.25) is 0 Å². The predicted octanol–water partition coefficient (Wildman–Crippen LogP) is 10.8. The second kappa shape index (κ2) is 13.6. The van der Waals surface area contributed by atoms with Crippen LogP contribution in [-0.4, -0.2) is 6.11 Å². The van der Waals surface area contributed by atoms with Gasteiger partial charge in [-0.05, 0) is 105 Å². The summed E-state index contributed by atoms with van der Waals surface area (Å²) in [5.41, 5.74) is 1.57. The molecule has 0 aromatic heterocycles. The third-order valence-electron chi connectivity index (χ3n) is 8.27. The predicted molar refractivity (Wildman–Crippen MR) is 143 cm³/mol. The molecule has 0 spiro atoms. The second-order valence-electron chi connectivity index (χ2n) is 11.0. The van der Waals surface area contributed by atoms with Gasteiger partial charge in [0, 0.05) is 5.56 Å². The lowest BCUT2D eigenvalue weighted by molar-refractivity contribution is -0.222. The van der Waals surface area contributed by atoms with Gasteiger partial charge in [0.2, 0.25) is 0 Å². The Balaban J connectivity index is 1.26. The van der Waals surface area contributed by atoms with Crippen molar-refractivity contribution in [3.05, 3.63) is 77.6 Å². The molecule has 4 rings (SSSR count). The van der Waals surface area contributed by atoms with E-state index in [2.05, 4.69) is 11.7 Å². The number of alkyl halides is 2. The van der Waals surface area contributed by atoms with Gasteiger partial charge in [0.25, 0.3) is 0 Å². The fourth-order valence-corrected chi connectivity index (χ4v) is 5.97. The summed E-state index contributed by atoms with van der Waals surface area (Å²) < 4.78 is 90.8. The lowest BCUT2D eigenvalue weighted by Gasteiger charge is -2.32. The summed E-state index contributed by atoms with van der Waals surface area (Å²) in [7, 11) is 0. The van der Waals surface area contributed by atoms with Crippen molar-refractivity contribution in [2.45, 2.75) is 83.2 Å². The average molecular weight is 567 g/mol. The van der Waals surface area contributed by atoms with Crippen LogP contribution in [-0.2, 0) is 0 Å². The molecule has 0 aliphatic heterocycles. The van der Waals surface area contributed by atoms with Crippen molar-refractivity contribution in [1.82, 2.24) is 0 Å². The molecule has 2 aromatic carbocycles. The maximum absolute atomic E-state index is 14.9. The van der Waals surface area contributed by atoms with Gasteiger partial charge in [-0.1, -0.05) is 44.1 Å². The van der Waals surface area contributed by atoms with E-state index < -0.39 is 24.1 Å². The number of allylic oxidation sites excluding steroid dienone is 1. The van der Waals surface area contributed by atoms with E-state index in [0.29, 0.717) is 24.3 Å². The Hall–Kier alpha value is -2.90. The van der Waals surface area contributed by atoms with Crippen LogP contribution in [0.5, 0.6) is 11.5 Å². The summed E-state index contributed by atoms with van der Waals surface area (Å²) in [5.74, 6) is -0.423. The minimum absolute atomic E-state index is 0.0650. The van der Waals surface area contributed by atoms with E-state index in [1.165, 1.54) is 25.7 Å². The van der Waals surface area contributed by atoms with Crippen molar-refractivity contribution >= 4 is 6.08 Å². The van der Waals surface area contributed by atoms with Crippen LogP contribution in [0, 0.1) is 23.6 Å². The molecule has 2 aliphatic carbocycles. The van der Waals surface area contributed by atoms with Crippen LogP contribution in [0.1, 0.15) is 88.2 Å². The van der Waals surface area contributed by atoms with Crippen molar-refractivity contribution in [2.75, 3.05) is 0 Å². The molecular formula is C32H36F6O2. The van der Waals surface area contributed by atoms with Crippen molar-refractivity contribution in [2.24, 2.45) is 17.8 Å². The molecular weight excluding hydrogens is 530 g/mol. The fraction of sp³-hybridized carbons (Fsp3) is 0.500. The Morgan fingerprint density at radius 2 is 1.52 bits per heavy atom. The highest BCUT2D eigenvalue weighted by molar-refractivity contribution is 5.51. The first kappa shape index (κ1) is 30.1. The molecule has 2 nitrogen and oxygen atoms in total. The molecule has 0 N–H and O–H groups in total. The van der Waals surface area contributed by atoms with E-state index in [1.54, 1.807) is 12.1 Å². The molecule has 2 saturated carbocycles. The highest BCUT2D eigenvalue weighted by Gasteiger charge is 2.43. The van der Waals surface area contributed by atoms with E-state index in [1.807, 2.05) is 18.2 Å². The molecule has 0 heterocycles. The Labute approximate surface area is 232 Å². The maximum Gasteiger partial charge on any atom is 0.400 e. The third-order valence-corrected chi connectivity index (χ3v) is 8.27. The number of rotatable bonds is 10. The molecule has 2 aromatic rings. The van der Waals surface area contributed by atoms with Gasteiger partial charge < -0.3 is 9.47 Å². The van der Waals surface area contributed by atoms with E-state index in [9.17, 15) is 26.3 Å². The van der Waals surface area contributed by atoms with E-state index in [-0.39, 0.29) is 36.1 Å². The van der Waals surface area contributed by atoms with Gasteiger partial charge in [-0.2, -0.15) is 22.0 Å². The molecule has 0 bridgehead atoms. The smallest absolute Gasteiger partial charge is 0.400 e. The van der Waals surface area contributed by atoms with Crippen molar-refractivity contribution in [3.63, 3.8) is 0 Å². The van der Waals surface area contributed by atoms with Gasteiger partial charge in [-0.25, -0.2) is 4.39 Å². The minimum Gasteiger partial charge on any atom is -0.432 e. The summed E-state index contributed by atoms with van der Waals surface area (Å²) in [5, 5.41) is 0. The van der Waals surface area contributed by atoms with Gasteiger partial charge in [-0.15, -0.1) is 0 Å². The summed E-state index contributed by atoms with van der Waals surface area (Å²) in [6.07, 6.45) is 6.24. The first-order valence-electron chi connectivity index (χ1n) is 14.2. The topological polar surface area (TPSA) is 18.5 Å². The molecule has 0 amide bonds. The Morgan fingerprint density at radius 1 is 0.875 bits per heavy atom. The molecule has 40 heavy (non-hydrogen) atoms. The molecule has 8 heteroatoms. The third kappa shape index (κ3) is 8.07. The quantitative estimate of drug-likeness (QED) is 0.210. The van der Waals surface area contributed by atoms with Gasteiger partial charge >= 0.3 is 18.2 Å². The molecule has 2 fully saturated rings. The van der Waals surface area contributed by atoms with E-state index >= 15 is 0 Å². The second-order valence-corrected chi connectivity index (χ2v) is 11.0. The molecule has 2 aliphatic rings. The zero-order valence-electron chi connectivity index (χ0n) is 22.7. The summed E-state index contributed by atoms with van der Waals surface area (Å²) in [4.78, 5) is 0. The van der Waals surface area contributed by atoms with Gasteiger partial charge in [0.1, 0.15) is 17.3 Å². The molecule has 0 atom stereocenters. The van der Waals surface area contributed by atoms with Crippen molar-refractivity contribution < 1.29 is 35.8 Å². The Morgan fingerprint density at radius 3 is 2.12 bits per heavy atom. The zero-order valence-corrected chi connectivity index (χ0v) is 22.7. The van der Waals surface area contributed by atoms with Gasteiger partial charge in [-0.3, -0.25) is 0 Å². The van der Waals surface area contributed by atoms with Crippen LogP contribution in [0.15, 0.2) is 60.6 Å². The number of hydrogen-bond donors (Lipinski definition) is 0. The summed E-state index contributed by atoms with van der Waals surface area (Å²) in [6, 6.07) is 7.80. The fourth-order valence-electron chi connectivity index (χ4n) is 5.97. The van der Waals surface area contributed by atoms with E-state index in [4.69, 9.17) is 4.74 Å². The maximum atomic E-state index is 14.9. The molecule has 0 radical (unpaired) electrons. The van der Waals surface area contributed by atoms with E-state index in [0.717, 1.165) is 48.6 Å². The van der Waals surface area contributed by atoms with Crippen LogP contribution in [0.4, 0.5) is 26.3 Å². The first-order chi connectivity index (χ1) is 19.1. The zero-order chi connectivity index (χ0) is 28.7. The number of hydrogen-bond acceptors (Lipinski definition) is 2. The number of benzene rings is 2. The van der Waals surface area contributed by atoms with Gasteiger partial charge in [0.05, 0.1) is 5.92 Å². The normalized spacial score (nSPS) is 23.7. The Kier molecular flexibility index (Phi) is 10.3. The summed E-state index contributed by atoms with van der Waals surface area (Å²) in [6.45, 7) is 2.22. The van der Waals surface area contributed by atoms with Crippen LogP contribution < -0.4 is 9.47 Å². The highest BCUT2D eigenvalue weighted by Crippen LogP contribution is 2.41. The lowest BCUT2D eigenvalue weighted by Crippen LogP contribution is -2.37. The van der Waals surface area contributed by atoms with Crippen molar-refractivity contribution in [3.8, 4) is 11.5 Å². The monoisotopic (exact) mass is 566 g/mol. The van der Waals surface area contributed by atoms with Gasteiger partial charge in [0.15, 0.2) is 0 Å². The molecule has 218 valence electrons. The molecule has 0 unspecified atom stereocenters. The number of halogens is 6.